The van der Waals surface area contributed by atoms with Crippen molar-refractivity contribution in [1.29, 1.82) is 5.41 Å². The molecule has 3 rings (SSSR count). The van der Waals surface area contributed by atoms with Crippen molar-refractivity contribution in [2.24, 2.45) is 0 Å². The Hall–Kier alpha value is -3.60. The number of benzene rings is 3. The van der Waals surface area contributed by atoms with Crippen LogP contribution in [0.25, 0.3) is 0 Å². The molecule has 0 spiro atoms. The lowest BCUT2D eigenvalue weighted by molar-refractivity contribution is -0.136. The van der Waals surface area contributed by atoms with Gasteiger partial charge in [0.2, 0.25) is 0 Å². The molecule has 0 aliphatic rings. The number of hydrogen-bond acceptors (Lipinski definition) is 4. The zero-order chi connectivity index (χ0) is 20.5. The molecule has 3 aromatic carbocycles. The van der Waals surface area contributed by atoms with E-state index in [9.17, 15) is 4.79 Å². The molecule has 0 unspecified atom stereocenters. The third-order valence-corrected chi connectivity index (χ3v) is 4.48. The number of carboxylic acids is 1. The van der Waals surface area contributed by atoms with Crippen molar-refractivity contribution >= 4 is 17.4 Å². The van der Waals surface area contributed by atoms with Gasteiger partial charge in [-0.05, 0) is 47.4 Å². The molecule has 3 N–H and O–H groups in total. The summed E-state index contributed by atoms with van der Waals surface area (Å²) in [6.07, 6.45) is 0.675. The van der Waals surface area contributed by atoms with Crippen molar-refractivity contribution in [3.05, 3.63) is 95.6 Å². The molecule has 5 heteroatoms. The summed E-state index contributed by atoms with van der Waals surface area (Å²) < 4.78 is 5.78. The van der Waals surface area contributed by atoms with Crippen LogP contribution in [0.4, 0.5) is 5.69 Å². The van der Waals surface area contributed by atoms with Gasteiger partial charge in [-0.15, -0.1) is 0 Å². The highest BCUT2D eigenvalue weighted by Gasteiger charge is 2.04. The van der Waals surface area contributed by atoms with Gasteiger partial charge in [-0.2, -0.15) is 0 Å². The minimum Gasteiger partial charge on any atom is -0.487 e. The predicted molar refractivity (Wildman–Crippen MR) is 115 cm³/mol. The Balaban J connectivity index is 1.50. The fourth-order valence-corrected chi connectivity index (χ4v) is 2.87. The Morgan fingerprint density at radius 2 is 1.69 bits per heavy atom. The van der Waals surface area contributed by atoms with Gasteiger partial charge in [0.25, 0.3) is 0 Å². The first-order valence-corrected chi connectivity index (χ1v) is 9.49. The predicted octanol–water partition coefficient (Wildman–Crippen LogP) is 4.76. The molecule has 29 heavy (non-hydrogen) atoms. The number of ether oxygens (including phenoxy) is 1. The summed E-state index contributed by atoms with van der Waals surface area (Å²) in [7, 11) is 0. The number of hydrogen-bond donors (Lipinski definition) is 3. The first-order chi connectivity index (χ1) is 14.1. The summed E-state index contributed by atoms with van der Waals surface area (Å²) in [5.41, 5.74) is 4.35. The van der Waals surface area contributed by atoms with Crippen molar-refractivity contribution in [3.8, 4) is 5.75 Å². The van der Waals surface area contributed by atoms with Gasteiger partial charge in [0, 0.05) is 18.7 Å². The Labute approximate surface area is 170 Å². The number of anilines is 1. The van der Waals surface area contributed by atoms with E-state index >= 15 is 0 Å². The van der Waals surface area contributed by atoms with Gasteiger partial charge in [0.05, 0.1) is 5.71 Å². The summed E-state index contributed by atoms with van der Waals surface area (Å²) >= 11 is 0. The second-order valence-corrected chi connectivity index (χ2v) is 6.72. The highest BCUT2D eigenvalue weighted by atomic mass is 16.5. The number of rotatable bonds is 10. The molecule has 0 heterocycles. The molecular formula is C24H24N2O3. The first kappa shape index (κ1) is 20.1. The molecule has 0 saturated heterocycles. The van der Waals surface area contributed by atoms with Crippen molar-refractivity contribution < 1.29 is 14.6 Å². The normalized spacial score (nSPS) is 10.3. The van der Waals surface area contributed by atoms with Gasteiger partial charge in [-0.25, -0.2) is 0 Å². The van der Waals surface area contributed by atoms with Crippen LogP contribution >= 0.6 is 0 Å². The van der Waals surface area contributed by atoms with Crippen LogP contribution in [0.1, 0.15) is 23.1 Å². The van der Waals surface area contributed by atoms with E-state index < -0.39 is 5.97 Å². The molecule has 5 nitrogen and oxygen atoms in total. The van der Waals surface area contributed by atoms with E-state index in [2.05, 4.69) is 5.32 Å². The zero-order valence-corrected chi connectivity index (χ0v) is 16.1. The van der Waals surface area contributed by atoms with Gasteiger partial charge in [0.1, 0.15) is 12.4 Å². The maximum atomic E-state index is 10.6. The maximum Gasteiger partial charge on any atom is 0.303 e. The molecule has 0 saturated carbocycles. The summed E-state index contributed by atoms with van der Waals surface area (Å²) in [5, 5.41) is 20.2. The average Bonchev–Trinajstić information content (AvgIpc) is 2.76. The number of carbonyl (C=O) groups is 1. The molecule has 0 bridgehead atoms. The van der Waals surface area contributed by atoms with E-state index in [0.717, 1.165) is 28.1 Å². The highest BCUT2D eigenvalue weighted by Crippen LogP contribution is 2.17. The summed E-state index contributed by atoms with van der Waals surface area (Å²) in [5.74, 6) is -0.0535. The second kappa shape index (κ2) is 10.1. The molecule has 3 aromatic rings. The van der Waals surface area contributed by atoms with E-state index in [-0.39, 0.29) is 13.0 Å². The zero-order valence-electron chi connectivity index (χ0n) is 16.1. The van der Waals surface area contributed by atoms with E-state index in [1.807, 2.05) is 78.9 Å². The topological polar surface area (TPSA) is 82.4 Å². The number of carboxylic acid groups (broad SMARTS) is 1. The molecule has 0 aliphatic heterocycles. The van der Waals surface area contributed by atoms with Crippen LogP contribution in [0, 0.1) is 5.41 Å². The third kappa shape index (κ3) is 6.50. The SMILES string of the molecule is N=C(COc1cccc(CNc2ccc(CCC(=O)O)cc2)c1)c1ccccc1. The number of aliphatic carboxylic acids is 1. The maximum absolute atomic E-state index is 10.6. The molecule has 0 fully saturated rings. The monoisotopic (exact) mass is 388 g/mol. The molecule has 148 valence electrons. The van der Waals surface area contributed by atoms with Crippen LogP contribution in [-0.2, 0) is 17.8 Å². The first-order valence-electron chi connectivity index (χ1n) is 9.49. The van der Waals surface area contributed by atoms with Crippen LogP contribution < -0.4 is 10.1 Å². The van der Waals surface area contributed by atoms with Crippen LogP contribution in [0.2, 0.25) is 0 Å². The lowest BCUT2D eigenvalue weighted by Crippen LogP contribution is -2.11. The van der Waals surface area contributed by atoms with Crippen LogP contribution in [-0.4, -0.2) is 23.4 Å². The van der Waals surface area contributed by atoms with E-state index in [1.54, 1.807) is 0 Å². The lowest BCUT2D eigenvalue weighted by atomic mass is 10.1. The molecule has 0 aliphatic carbocycles. The summed E-state index contributed by atoms with van der Waals surface area (Å²) in [4.78, 5) is 10.6. The van der Waals surface area contributed by atoms with Crippen molar-refractivity contribution in [3.63, 3.8) is 0 Å². The third-order valence-electron chi connectivity index (χ3n) is 4.48. The molecule has 0 amide bonds. The molecule has 0 aromatic heterocycles. The standard InChI is InChI=1S/C24H24N2O3/c25-23(20-6-2-1-3-7-20)17-29-22-8-4-5-19(15-22)16-26-21-12-9-18(10-13-21)11-14-24(27)28/h1-10,12-13,15,25-26H,11,14,16-17H2,(H,27,28). The summed E-state index contributed by atoms with van der Waals surface area (Å²) in [6, 6.07) is 25.2. The molecule has 0 radical (unpaired) electrons. The Bertz CT molecular complexity index is 953. The minimum atomic E-state index is -0.784. The molecule has 0 atom stereocenters. The fourth-order valence-electron chi connectivity index (χ4n) is 2.87. The highest BCUT2D eigenvalue weighted by molar-refractivity contribution is 5.99. The van der Waals surface area contributed by atoms with Gasteiger partial charge in [-0.1, -0.05) is 54.6 Å². The van der Waals surface area contributed by atoms with Crippen molar-refractivity contribution in [1.82, 2.24) is 0 Å². The fraction of sp³-hybridized carbons (Fsp3) is 0.167. The van der Waals surface area contributed by atoms with Gasteiger partial charge in [0.15, 0.2) is 0 Å². The van der Waals surface area contributed by atoms with Crippen LogP contribution in [0.15, 0.2) is 78.9 Å². The smallest absolute Gasteiger partial charge is 0.303 e. The Morgan fingerprint density at radius 1 is 0.931 bits per heavy atom. The second-order valence-electron chi connectivity index (χ2n) is 6.72. The van der Waals surface area contributed by atoms with E-state index in [4.69, 9.17) is 15.3 Å². The van der Waals surface area contributed by atoms with Gasteiger partial charge < -0.3 is 20.6 Å². The van der Waals surface area contributed by atoms with Gasteiger partial charge in [-0.3, -0.25) is 4.79 Å². The van der Waals surface area contributed by atoms with Crippen molar-refractivity contribution in [2.75, 3.05) is 11.9 Å². The van der Waals surface area contributed by atoms with Gasteiger partial charge >= 0.3 is 5.97 Å². The van der Waals surface area contributed by atoms with Crippen molar-refractivity contribution in [2.45, 2.75) is 19.4 Å². The number of aryl methyl sites for hydroxylation is 1. The van der Waals surface area contributed by atoms with Crippen LogP contribution in [0.3, 0.4) is 0 Å². The Morgan fingerprint density at radius 3 is 2.41 bits per heavy atom. The van der Waals surface area contributed by atoms with E-state index in [1.165, 1.54) is 0 Å². The number of nitrogens with one attached hydrogen (secondary N) is 2. The quantitative estimate of drug-likeness (QED) is 0.437. The van der Waals surface area contributed by atoms with Crippen LogP contribution in [0.5, 0.6) is 5.75 Å². The lowest BCUT2D eigenvalue weighted by Gasteiger charge is -2.11. The average molecular weight is 388 g/mol. The minimum absolute atomic E-state index is 0.140. The largest absolute Gasteiger partial charge is 0.487 e. The molecular weight excluding hydrogens is 364 g/mol. The van der Waals surface area contributed by atoms with E-state index in [0.29, 0.717) is 18.7 Å². The Kier molecular flexibility index (Phi) is 7.00. The summed E-state index contributed by atoms with van der Waals surface area (Å²) in [6.45, 7) is 0.862.